The van der Waals surface area contributed by atoms with Crippen molar-refractivity contribution in [2.75, 3.05) is 0 Å². The molecule has 0 bridgehead atoms. The highest BCUT2D eigenvalue weighted by atomic mass is 35.5. The van der Waals surface area contributed by atoms with Crippen LogP contribution >= 0.6 is 22.9 Å². The van der Waals surface area contributed by atoms with Gasteiger partial charge >= 0.3 is 0 Å². The van der Waals surface area contributed by atoms with Gasteiger partial charge in [-0.25, -0.2) is 4.98 Å². The largest absolute Gasteiger partial charge is 0.294 e. The average molecular weight is 212 g/mol. The number of fused-ring (bicyclic) bond motifs is 1. The molecule has 2 aromatic rings. The first kappa shape index (κ1) is 8.66. The van der Waals surface area contributed by atoms with Crippen molar-refractivity contribution < 1.29 is 4.79 Å². The van der Waals surface area contributed by atoms with Crippen LogP contribution in [0.25, 0.3) is 10.2 Å². The number of hydrogen-bond donors (Lipinski definition) is 0. The second kappa shape index (κ2) is 3.09. The van der Waals surface area contributed by atoms with Gasteiger partial charge in [0, 0.05) is 5.56 Å². The standard InChI is InChI=1S/C9H6ClNOS/c1-5(12)6-3-2-4-7-8(6)11-9(10)13-7/h2-4H,1H3. The van der Waals surface area contributed by atoms with Gasteiger partial charge in [-0.15, -0.1) is 11.3 Å². The number of thiazole rings is 1. The van der Waals surface area contributed by atoms with Crippen LogP contribution in [0.2, 0.25) is 4.47 Å². The van der Waals surface area contributed by atoms with Crippen LogP contribution in [0, 0.1) is 0 Å². The van der Waals surface area contributed by atoms with Gasteiger partial charge in [0.2, 0.25) is 0 Å². The van der Waals surface area contributed by atoms with E-state index in [9.17, 15) is 4.79 Å². The molecule has 66 valence electrons. The molecule has 0 unspecified atom stereocenters. The molecule has 0 aliphatic carbocycles. The van der Waals surface area contributed by atoms with Crippen LogP contribution in [-0.2, 0) is 0 Å². The smallest absolute Gasteiger partial charge is 0.184 e. The number of aromatic nitrogens is 1. The monoisotopic (exact) mass is 211 g/mol. The highest BCUT2D eigenvalue weighted by Gasteiger charge is 2.09. The number of nitrogens with zero attached hydrogens (tertiary/aromatic N) is 1. The van der Waals surface area contributed by atoms with Crippen molar-refractivity contribution in [3.8, 4) is 0 Å². The minimum absolute atomic E-state index is 0.0209. The van der Waals surface area contributed by atoms with E-state index in [1.165, 1.54) is 18.3 Å². The zero-order chi connectivity index (χ0) is 9.42. The molecule has 1 aromatic carbocycles. The molecule has 2 nitrogen and oxygen atoms in total. The van der Waals surface area contributed by atoms with Crippen LogP contribution in [0.15, 0.2) is 18.2 Å². The summed E-state index contributed by atoms with van der Waals surface area (Å²) in [4.78, 5) is 15.3. The maximum atomic E-state index is 11.2. The summed E-state index contributed by atoms with van der Waals surface area (Å²) in [5.41, 5.74) is 1.35. The highest BCUT2D eigenvalue weighted by molar-refractivity contribution is 7.22. The number of para-hydroxylation sites is 1. The second-order valence-corrected chi connectivity index (χ2v) is 4.29. The Balaban J connectivity index is 2.82. The van der Waals surface area contributed by atoms with E-state index in [2.05, 4.69) is 4.98 Å². The lowest BCUT2D eigenvalue weighted by molar-refractivity contribution is 0.101. The normalized spacial score (nSPS) is 10.6. The molecule has 0 saturated carbocycles. The molecule has 13 heavy (non-hydrogen) atoms. The van der Waals surface area contributed by atoms with E-state index in [1.807, 2.05) is 12.1 Å². The van der Waals surface area contributed by atoms with E-state index in [1.54, 1.807) is 6.07 Å². The number of halogens is 1. The summed E-state index contributed by atoms with van der Waals surface area (Å²) in [6.07, 6.45) is 0. The van der Waals surface area contributed by atoms with Crippen molar-refractivity contribution in [1.29, 1.82) is 0 Å². The number of carbonyl (C=O) groups is 1. The third-order valence-electron chi connectivity index (χ3n) is 1.77. The van der Waals surface area contributed by atoms with E-state index in [4.69, 9.17) is 11.6 Å². The van der Waals surface area contributed by atoms with Gasteiger partial charge in [0.15, 0.2) is 10.3 Å². The number of rotatable bonds is 1. The Morgan fingerprint density at radius 1 is 1.54 bits per heavy atom. The van der Waals surface area contributed by atoms with Crippen LogP contribution < -0.4 is 0 Å². The van der Waals surface area contributed by atoms with Crippen LogP contribution in [0.3, 0.4) is 0 Å². The number of carbonyl (C=O) groups excluding carboxylic acids is 1. The van der Waals surface area contributed by atoms with Gasteiger partial charge in [0.05, 0.1) is 10.2 Å². The topological polar surface area (TPSA) is 30.0 Å². The van der Waals surface area contributed by atoms with Crippen molar-refractivity contribution in [1.82, 2.24) is 4.98 Å². The van der Waals surface area contributed by atoms with Crippen LogP contribution in [0.1, 0.15) is 17.3 Å². The molecule has 0 spiro atoms. The number of ketones is 1. The number of hydrogen-bond acceptors (Lipinski definition) is 3. The lowest BCUT2D eigenvalue weighted by Crippen LogP contribution is -1.92. The minimum atomic E-state index is 0.0209. The molecule has 0 aliphatic rings. The lowest BCUT2D eigenvalue weighted by atomic mass is 10.1. The summed E-state index contributed by atoms with van der Waals surface area (Å²) < 4.78 is 1.43. The first-order valence-corrected chi connectivity index (χ1v) is 4.94. The van der Waals surface area contributed by atoms with E-state index in [0.717, 1.165) is 4.70 Å². The fraction of sp³-hybridized carbons (Fsp3) is 0.111. The summed E-state index contributed by atoms with van der Waals surface area (Å²) in [6, 6.07) is 5.51. The molecular weight excluding hydrogens is 206 g/mol. The molecule has 0 N–H and O–H groups in total. The van der Waals surface area contributed by atoms with Crippen LogP contribution in [-0.4, -0.2) is 10.8 Å². The number of Topliss-reactive ketones (excluding diaryl/α,β-unsaturated/α-hetero) is 1. The maximum Gasteiger partial charge on any atom is 0.184 e. The molecule has 0 atom stereocenters. The highest BCUT2D eigenvalue weighted by Crippen LogP contribution is 2.27. The summed E-state index contributed by atoms with van der Waals surface area (Å²) in [5, 5.41) is 0. The van der Waals surface area contributed by atoms with Gasteiger partial charge in [-0.05, 0) is 19.1 Å². The zero-order valence-electron chi connectivity index (χ0n) is 6.87. The molecule has 0 fully saturated rings. The number of benzene rings is 1. The Hall–Kier alpha value is -0.930. The van der Waals surface area contributed by atoms with Gasteiger partial charge in [0.25, 0.3) is 0 Å². The van der Waals surface area contributed by atoms with E-state index in [0.29, 0.717) is 15.5 Å². The Kier molecular flexibility index (Phi) is 2.06. The Morgan fingerprint density at radius 2 is 2.31 bits per heavy atom. The van der Waals surface area contributed by atoms with Gasteiger partial charge < -0.3 is 0 Å². The van der Waals surface area contributed by atoms with Crippen molar-refractivity contribution in [3.63, 3.8) is 0 Å². The molecular formula is C9H6ClNOS. The molecule has 0 radical (unpaired) electrons. The summed E-state index contributed by atoms with van der Waals surface area (Å²) in [6.45, 7) is 1.53. The minimum Gasteiger partial charge on any atom is -0.294 e. The lowest BCUT2D eigenvalue weighted by Gasteiger charge is -1.94. The predicted molar refractivity (Wildman–Crippen MR) is 54.6 cm³/mol. The van der Waals surface area contributed by atoms with Crippen LogP contribution in [0.4, 0.5) is 0 Å². The van der Waals surface area contributed by atoms with Gasteiger partial charge in [-0.3, -0.25) is 4.79 Å². The Morgan fingerprint density at radius 3 is 3.00 bits per heavy atom. The van der Waals surface area contributed by atoms with Crippen molar-refractivity contribution in [2.45, 2.75) is 6.92 Å². The zero-order valence-corrected chi connectivity index (χ0v) is 8.45. The van der Waals surface area contributed by atoms with Gasteiger partial charge in [0.1, 0.15) is 0 Å². The van der Waals surface area contributed by atoms with E-state index >= 15 is 0 Å². The van der Waals surface area contributed by atoms with Gasteiger partial charge in [-0.2, -0.15) is 0 Å². The average Bonchev–Trinajstić information content (AvgIpc) is 2.43. The summed E-state index contributed by atoms with van der Waals surface area (Å²) in [7, 11) is 0. The summed E-state index contributed by atoms with van der Waals surface area (Å²) in [5.74, 6) is 0.0209. The quantitative estimate of drug-likeness (QED) is 0.679. The fourth-order valence-electron chi connectivity index (χ4n) is 1.21. The third-order valence-corrected chi connectivity index (χ3v) is 2.90. The molecule has 0 saturated heterocycles. The van der Waals surface area contributed by atoms with Gasteiger partial charge in [-0.1, -0.05) is 17.7 Å². The molecule has 1 aromatic heterocycles. The molecule has 2 rings (SSSR count). The first-order chi connectivity index (χ1) is 6.18. The van der Waals surface area contributed by atoms with E-state index < -0.39 is 0 Å². The van der Waals surface area contributed by atoms with Crippen molar-refractivity contribution in [2.24, 2.45) is 0 Å². The third kappa shape index (κ3) is 1.45. The molecule has 4 heteroatoms. The first-order valence-electron chi connectivity index (χ1n) is 3.74. The van der Waals surface area contributed by atoms with Crippen molar-refractivity contribution >= 4 is 38.9 Å². The van der Waals surface area contributed by atoms with Crippen LogP contribution in [0.5, 0.6) is 0 Å². The Labute approximate surface area is 84.2 Å². The maximum absolute atomic E-state index is 11.2. The van der Waals surface area contributed by atoms with E-state index in [-0.39, 0.29) is 5.78 Å². The molecule has 1 heterocycles. The Bertz CT molecular complexity index is 477. The molecule has 0 amide bonds. The van der Waals surface area contributed by atoms with Crippen molar-refractivity contribution in [3.05, 3.63) is 28.2 Å². The molecule has 0 aliphatic heterocycles. The second-order valence-electron chi connectivity index (χ2n) is 2.68. The summed E-state index contributed by atoms with van der Waals surface area (Å²) >= 11 is 7.14. The predicted octanol–water partition coefficient (Wildman–Crippen LogP) is 3.15. The fourth-order valence-corrected chi connectivity index (χ4v) is 2.26. The SMILES string of the molecule is CC(=O)c1cccc2sc(Cl)nc12.